The largest absolute Gasteiger partial charge is 0.357 e. The molecule has 0 bridgehead atoms. The molecule has 2 aromatic carbocycles. The van der Waals surface area contributed by atoms with Crippen LogP contribution in [0.3, 0.4) is 0 Å². The van der Waals surface area contributed by atoms with Crippen LogP contribution in [0.5, 0.6) is 0 Å². The van der Waals surface area contributed by atoms with E-state index in [1.54, 1.807) is 12.2 Å². The number of rotatable bonds is 10. The highest BCUT2D eigenvalue weighted by Gasteiger charge is 2.11. The third-order valence-corrected chi connectivity index (χ3v) is 6.06. The van der Waals surface area contributed by atoms with Gasteiger partial charge in [0.15, 0.2) is 5.01 Å². The average molecular weight is 448 g/mol. The van der Waals surface area contributed by atoms with Crippen LogP contribution in [-0.4, -0.2) is 33.5 Å². The highest BCUT2D eigenvalue weighted by molar-refractivity contribution is 7.18. The van der Waals surface area contributed by atoms with E-state index in [0.717, 1.165) is 42.8 Å². The summed E-state index contributed by atoms with van der Waals surface area (Å²) in [5, 5.41) is 30.0. The molecule has 0 aliphatic rings. The zero-order valence-corrected chi connectivity index (χ0v) is 18.3. The molecular weight excluding hydrogens is 426 g/mol. The minimum atomic E-state index is 0.654. The van der Waals surface area contributed by atoms with Gasteiger partial charge in [0.25, 0.3) is 0 Å². The zero-order valence-electron chi connectivity index (χ0n) is 16.7. The topological polar surface area (TPSA) is 87.7 Å². The molecule has 156 valence electrons. The smallest absolute Gasteiger partial charge is 0.206 e. The van der Waals surface area contributed by atoms with Crippen molar-refractivity contribution in [2.24, 2.45) is 0 Å². The maximum atomic E-state index is 4.32. The van der Waals surface area contributed by atoms with E-state index in [4.69, 9.17) is 0 Å². The summed E-state index contributed by atoms with van der Waals surface area (Å²) in [7, 11) is 0. The number of hydrogen-bond acceptors (Lipinski definition) is 9. The number of anilines is 4. The Hall–Kier alpha value is -3.56. The van der Waals surface area contributed by atoms with Crippen LogP contribution < -0.4 is 16.0 Å². The number of para-hydroxylation sites is 1. The molecule has 0 fully saturated rings. The Morgan fingerprint density at radius 2 is 1.35 bits per heavy atom. The molecule has 4 aromatic rings. The Kier molecular flexibility index (Phi) is 6.65. The molecule has 3 N–H and O–H groups in total. The van der Waals surface area contributed by atoms with Gasteiger partial charge in [-0.25, -0.2) is 0 Å². The van der Waals surface area contributed by atoms with Crippen molar-refractivity contribution in [3.63, 3.8) is 0 Å². The molecule has 0 spiro atoms. The second-order valence-electron chi connectivity index (χ2n) is 6.41. The molecule has 0 atom stereocenters. The summed E-state index contributed by atoms with van der Waals surface area (Å²) >= 11 is 3.03. The molecule has 0 saturated heterocycles. The van der Waals surface area contributed by atoms with Crippen molar-refractivity contribution in [3.05, 3.63) is 73.8 Å². The molecule has 0 radical (unpaired) electrons. The molecule has 4 rings (SSSR count). The summed E-state index contributed by atoms with van der Waals surface area (Å²) in [5.74, 6) is 0. The first-order valence-electron chi connectivity index (χ1n) is 9.60. The second-order valence-corrected chi connectivity index (χ2v) is 8.37. The molecule has 2 heterocycles. The van der Waals surface area contributed by atoms with Crippen LogP contribution in [-0.2, 0) is 0 Å². The minimum Gasteiger partial charge on any atom is -0.357 e. The Bertz CT molecular complexity index is 1160. The number of benzene rings is 2. The van der Waals surface area contributed by atoms with Crippen molar-refractivity contribution in [2.75, 3.05) is 29.0 Å². The van der Waals surface area contributed by atoms with Crippen molar-refractivity contribution in [2.45, 2.75) is 0 Å². The van der Waals surface area contributed by atoms with Crippen LogP contribution in [0.15, 0.2) is 73.8 Å². The molecular formula is C22H21N7S2. The van der Waals surface area contributed by atoms with E-state index >= 15 is 0 Å². The Morgan fingerprint density at radius 1 is 0.742 bits per heavy atom. The van der Waals surface area contributed by atoms with E-state index in [-0.39, 0.29) is 0 Å². The quantitative estimate of drug-likeness (QED) is 0.270. The van der Waals surface area contributed by atoms with Gasteiger partial charge in [0.05, 0.1) is 0 Å². The van der Waals surface area contributed by atoms with Gasteiger partial charge in [-0.2, -0.15) is 0 Å². The Morgan fingerprint density at radius 3 is 2.03 bits per heavy atom. The normalized spacial score (nSPS) is 10.5. The molecule has 0 saturated carbocycles. The van der Waals surface area contributed by atoms with Gasteiger partial charge in [-0.05, 0) is 36.4 Å². The summed E-state index contributed by atoms with van der Waals surface area (Å²) in [5.41, 5.74) is 3.96. The van der Waals surface area contributed by atoms with Crippen molar-refractivity contribution in [3.8, 4) is 21.1 Å². The average Bonchev–Trinajstić information content (AvgIpc) is 3.47. The standard InChI is InChI=1S/C22H21N7S2/c1-3-13-23-21-28-26-19(30-21)15-9-11-16(12-10-15)25-18-8-6-5-7-17(18)20-27-29-22(31-20)24-14-4-2/h3-12,25H,1-2,13-14H2,(H,23,28)(H,24,29). The van der Waals surface area contributed by atoms with Crippen molar-refractivity contribution >= 4 is 44.3 Å². The SMILES string of the molecule is C=CCNc1nnc(-c2ccc(Nc3ccccc3-c3nnc(NCC=C)s3)cc2)s1. The van der Waals surface area contributed by atoms with E-state index in [2.05, 4.69) is 49.5 Å². The lowest BCUT2D eigenvalue weighted by atomic mass is 10.1. The van der Waals surface area contributed by atoms with Gasteiger partial charge >= 0.3 is 0 Å². The Labute approximate surface area is 188 Å². The number of hydrogen-bond donors (Lipinski definition) is 3. The summed E-state index contributed by atoms with van der Waals surface area (Å²) in [6, 6.07) is 16.2. The third kappa shape index (κ3) is 5.14. The Balaban J connectivity index is 1.50. The molecule has 0 amide bonds. The number of nitrogens with zero attached hydrogens (tertiary/aromatic N) is 4. The molecule has 31 heavy (non-hydrogen) atoms. The van der Waals surface area contributed by atoms with Crippen LogP contribution in [0.4, 0.5) is 21.6 Å². The van der Waals surface area contributed by atoms with Gasteiger partial charge in [0.1, 0.15) is 5.01 Å². The fourth-order valence-corrected chi connectivity index (χ4v) is 4.31. The van der Waals surface area contributed by atoms with Crippen LogP contribution in [0.2, 0.25) is 0 Å². The summed E-state index contributed by atoms with van der Waals surface area (Å²) in [6.45, 7) is 8.73. The zero-order chi connectivity index (χ0) is 21.5. The number of nitrogens with one attached hydrogen (secondary N) is 3. The summed E-state index contributed by atoms with van der Waals surface area (Å²) in [6.07, 6.45) is 3.58. The molecule has 0 aliphatic heterocycles. The second kappa shape index (κ2) is 9.96. The third-order valence-electron chi connectivity index (χ3n) is 4.21. The minimum absolute atomic E-state index is 0.654. The first-order chi connectivity index (χ1) is 15.3. The monoisotopic (exact) mass is 447 g/mol. The van der Waals surface area contributed by atoms with Crippen molar-refractivity contribution in [1.29, 1.82) is 0 Å². The van der Waals surface area contributed by atoms with Crippen molar-refractivity contribution < 1.29 is 0 Å². The van der Waals surface area contributed by atoms with Gasteiger partial charge < -0.3 is 16.0 Å². The van der Waals surface area contributed by atoms with Gasteiger partial charge in [0.2, 0.25) is 10.3 Å². The van der Waals surface area contributed by atoms with E-state index in [9.17, 15) is 0 Å². The molecule has 2 aromatic heterocycles. The predicted octanol–water partition coefficient (Wildman–Crippen LogP) is 5.66. The lowest BCUT2D eigenvalue weighted by Crippen LogP contribution is -1.96. The van der Waals surface area contributed by atoms with Crippen LogP contribution in [0.25, 0.3) is 21.1 Å². The molecule has 7 nitrogen and oxygen atoms in total. The van der Waals surface area contributed by atoms with E-state index in [1.165, 1.54) is 22.7 Å². The van der Waals surface area contributed by atoms with E-state index < -0.39 is 0 Å². The van der Waals surface area contributed by atoms with Gasteiger partial charge in [0, 0.05) is 35.6 Å². The van der Waals surface area contributed by atoms with E-state index in [0.29, 0.717) is 13.1 Å². The first kappa shape index (κ1) is 20.7. The first-order valence-corrected chi connectivity index (χ1v) is 11.2. The van der Waals surface area contributed by atoms with Crippen LogP contribution in [0, 0.1) is 0 Å². The number of aromatic nitrogens is 4. The van der Waals surface area contributed by atoms with Crippen molar-refractivity contribution in [1.82, 2.24) is 20.4 Å². The fourth-order valence-electron chi connectivity index (χ4n) is 2.76. The highest BCUT2D eigenvalue weighted by Crippen LogP contribution is 2.34. The maximum Gasteiger partial charge on any atom is 0.206 e. The van der Waals surface area contributed by atoms with Gasteiger partial charge in [-0.15, -0.1) is 33.6 Å². The van der Waals surface area contributed by atoms with Crippen LogP contribution >= 0.6 is 22.7 Å². The lowest BCUT2D eigenvalue weighted by molar-refractivity contribution is 1.08. The van der Waals surface area contributed by atoms with Gasteiger partial charge in [-0.3, -0.25) is 0 Å². The fraction of sp³-hybridized carbons (Fsp3) is 0.0909. The summed E-state index contributed by atoms with van der Waals surface area (Å²) < 4.78 is 0. The summed E-state index contributed by atoms with van der Waals surface area (Å²) in [4.78, 5) is 0. The molecule has 9 heteroatoms. The lowest BCUT2D eigenvalue weighted by Gasteiger charge is -2.10. The van der Waals surface area contributed by atoms with E-state index in [1.807, 2.05) is 48.5 Å². The van der Waals surface area contributed by atoms with Gasteiger partial charge in [-0.1, -0.05) is 47.0 Å². The molecule has 0 unspecified atom stereocenters. The van der Waals surface area contributed by atoms with Crippen LogP contribution in [0.1, 0.15) is 0 Å². The highest BCUT2D eigenvalue weighted by atomic mass is 32.1. The molecule has 0 aliphatic carbocycles. The maximum absolute atomic E-state index is 4.32. The predicted molar refractivity (Wildman–Crippen MR) is 131 cm³/mol.